The van der Waals surface area contributed by atoms with Crippen LogP contribution in [0, 0.1) is 6.92 Å². The Bertz CT molecular complexity index is 709. The summed E-state index contributed by atoms with van der Waals surface area (Å²) in [6.45, 7) is 4.37. The summed E-state index contributed by atoms with van der Waals surface area (Å²) in [4.78, 5) is 31.7. The van der Waals surface area contributed by atoms with E-state index < -0.39 is 0 Å². The molecule has 1 aromatic heterocycles. The molecule has 5 heteroatoms. The van der Waals surface area contributed by atoms with Crippen molar-refractivity contribution < 1.29 is 9.59 Å². The minimum atomic E-state index is -0.279. The summed E-state index contributed by atoms with van der Waals surface area (Å²) in [5.74, 6) is 0.0977. The maximum absolute atomic E-state index is 12.9. The van der Waals surface area contributed by atoms with Crippen molar-refractivity contribution in [3.8, 4) is 11.3 Å². The van der Waals surface area contributed by atoms with E-state index in [1.165, 1.54) is 11.3 Å². The summed E-state index contributed by atoms with van der Waals surface area (Å²) in [6, 6.07) is 9.45. The fourth-order valence-corrected chi connectivity index (χ4v) is 3.81. The van der Waals surface area contributed by atoms with E-state index >= 15 is 0 Å². The number of ketones is 1. The van der Waals surface area contributed by atoms with Crippen LogP contribution in [-0.2, 0) is 4.79 Å². The van der Waals surface area contributed by atoms with Crippen LogP contribution in [0.15, 0.2) is 30.3 Å². The number of carbonyl (C=O) groups is 2. The summed E-state index contributed by atoms with van der Waals surface area (Å²) in [5.41, 5.74) is 1.66. The van der Waals surface area contributed by atoms with Crippen molar-refractivity contribution in [2.45, 2.75) is 32.7 Å². The highest BCUT2D eigenvalue weighted by molar-refractivity contribution is 7.14. The molecule has 0 unspecified atom stereocenters. The first-order chi connectivity index (χ1) is 10.6. The molecular weight excluding hydrogens is 296 g/mol. The van der Waals surface area contributed by atoms with Gasteiger partial charge < -0.3 is 4.90 Å². The van der Waals surface area contributed by atoms with E-state index in [0.717, 1.165) is 16.3 Å². The van der Waals surface area contributed by atoms with Crippen molar-refractivity contribution in [2.24, 2.45) is 0 Å². The Morgan fingerprint density at radius 1 is 1.36 bits per heavy atom. The van der Waals surface area contributed by atoms with Crippen LogP contribution in [-0.4, -0.2) is 34.2 Å². The summed E-state index contributed by atoms with van der Waals surface area (Å²) in [6.07, 6.45) is 1.13. The van der Waals surface area contributed by atoms with Gasteiger partial charge >= 0.3 is 0 Å². The van der Waals surface area contributed by atoms with Crippen LogP contribution in [0.2, 0.25) is 0 Å². The normalized spacial score (nSPS) is 18.0. The molecule has 1 saturated heterocycles. The summed E-state index contributed by atoms with van der Waals surface area (Å²) < 4.78 is 0. The van der Waals surface area contributed by atoms with Gasteiger partial charge in [0, 0.05) is 18.5 Å². The van der Waals surface area contributed by atoms with E-state index in [9.17, 15) is 9.59 Å². The molecule has 1 atom stereocenters. The molecule has 1 fully saturated rings. The lowest BCUT2D eigenvalue weighted by Crippen LogP contribution is -2.37. The number of aryl methyl sites for hydroxylation is 1. The minimum absolute atomic E-state index is 0.0675. The lowest BCUT2D eigenvalue weighted by Gasteiger charge is -2.22. The number of rotatable bonds is 3. The van der Waals surface area contributed by atoms with Gasteiger partial charge in [0.05, 0.1) is 16.7 Å². The van der Waals surface area contributed by atoms with E-state index in [-0.39, 0.29) is 17.7 Å². The maximum Gasteiger partial charge on any atom is 0.266 e. The number of amides is 1. The van der Waals surface area contributed by atoms with E-state index in [4.69, 9.17) is 0 Å². The lowest BCUT2D eigenvalue weighted by molar-refractivity contribution is -0.119. The van der Waals surface area contributed by atoms with E-state index in [1.807, 2.05) is 44.2 Å². The van der Waals surface area contributed by atoms with Gasteiger partial charge in [0.1, 0.15) is 4.88 Å². The smallest absolute Gasteiger partial charge is 0.266 e. The van der Waals surface area contributed by atoms with Crippen molar-refractivity contribution >= 4 is 23.0 Å². The minimum Gasteiger partial charge on any atom is -0.327 e. The predicted molar refractivity (Wildman–Crippen MR) is 87.0 cm³/mol. The fourth-order valence-electron chi connectivity index (χ4n) is 2.91. The first kappa shape index (κ1) is 14.9. The number of thiazole rings is 1. The molecule has 4 nitrogen and oxygen atoms in total. The topological polar surface area (TPSA) is 50.3 Å². The highest BCUT2D eigenvalue weighted by atomic mass is 32.1. The quantitative estimate of drug-likeness (QED) is 0.873. The first-order valence-electron chi connectivity index (χ1n) is 7.48. The summed E-state index contributed by atoms with van der Waals surface area (Å²) in [7, 11) is 0. The first-order valence-corrected chi connectivity index (χ1v) is 8.30. The number of nitrogens with zero attached hydrogens (tertiary/aromatic N) is 2. The fraction of sp³-hybridized carbons (Fsp3) is 0.353. The zero-order valence-electron chi connectivity index (χ0n) is 12.7. The van der Waals surface area contributed by atoms with Gasteiger partial charge in [-0.1, -0.05) is 37.3 Å². The molecular formula is C17H18N2O2S. The number of carbonyl (C=O) groups excluding carboxylic acids is 2. The lowest BCUT2D eigenvalue weighted by atomic mass is 10.1. The third-order valence-electron chi connectivity index (χ3n) is 3.97. The molecule has 0 bridgehead atoms. The molecule has 0 N–H and O–H groups in total. The molecule has 3 rings (SSSR count). The third-order valence-corrected chi connectivity index (χ3v) is 4.93. The van der Waals surface area contributed by atoms with E-state index in [0.29, 0.717) is 24.3 Å². The Labute approximate surface area is 133 Å². The number of aromatic nitrogens is 1. The van der Waals surface area contributed by atoms with Crippen molar-refractivity contribution in [2.75, 3.05) is 6.54 Å². The average Bonchev–Trinajstić information content (AvgIpc) is 3.10. The summed E-state index contributed by atoms with van der Waals surface area (Å²) in [5, 5.41) is 0.862. The highest BCUT2D eigenvalue weighted by Gasteiger charge is 2.36. The number of hydrogen-bond donors (Lipinski definition) is 0. The second-order valence-corrected chi connectivity index (χ2v) is 6.62. The number of benzene rings is 1. The Balaban J connectivity index is 1.99. The van der Waals surface area contributed by atoms with Crippen molar-refractivity contribution in [3.63, 3.8) is 0 Å². The zero-order chi connectivity index (χ0) is 15.7. The molecule has 0 saturated carbocycles. The molecule has 1 amide bonds. The molecule has 1 aromatic carbocycles. The van der Waals surface area contributed by atoms with Crippen LogP contribution in [0.25, 0.3) is 11.3 Å². The molecule has 1 aliphatic rings. The maximum atomic E-state index is 12.9. The van der Waals surface area contributed by atoms with Gasteiger partial charge in [-0.05, 0) is 13.3 Å². The van der Waals surface area contributed by atoms with Crippen LogP contribution >= 0.6 is 11.3 Å². The van der Waals surface area contributed by atoms with Crippen LogP contribution in [0.1, 0.15) is 34.4 Å². The van der Waals surface area contributed by atoms with Crippen molar-refractivity contribution in [1.82, 2.24) is 9.88 Å². The Morgan fingerprint density at radius 3 is 2.77 bits per heavy atom. The van der Waals surface area contributed by atoms with Crippen LogP contribution in [0.5, 0.6) is 0 Å². The third kappa shape index (κ3) is 2.57. The molecule has 22 heavy (non-hydrogen) atoms. The van der Waals surface area contributed by atoms with E-state index in [2.05, 4.69) is 4.98 Å². The zero-order valence-corrected chi connectivity index (χ0v) is 13.5. The average molecular weight is 314 g/mol. The van der Waals surface area contributed by atoms with Gasteiger partial charge in [-0.15, -0.1) is 11.3 Å². The monoisotopic (exact) mass is 314 g/mol. The van der Waals surface area contributed by atoms with Gasteiger partial charge in [-0.2, -0.15) is 0 Å². The van der Waals surface area contributed by atoms with E-state index in [1.54, 1.807) is 4.90 Å². The molecule has 1 aliphatic heterocycles. The van der Waals surface area contributed by atoms with Crippen molar-refractivity contribution in [1.29, 1.82) is 0 Å². The highest BCUT2D eigenvalue weighted by Crippen LogP contribution is 2.31. The number of hydrogen-bond acceptors (Lipinski definition) is 4. The van der Waals surface area contributed by atoms with Crippen LogP contribution < -0.4 is 0 Å². The standard InChI is InChI=1S/C17H18N2O2S/c1-3-13-14(20)9-10-19(13)17(21)16-15(18-11(2)22-16)12-7-5-4-6-8-12/h4-8,13H,3,9-10H2,1-2H3/t13-/m1/s1. The van der Waals surface area contributed by atoms with Gasteiger partial charge in [0.25, 0.3) is 5.91 Å². The molecule has 0 spiro atoms. The van der Waals surface area contributed by atoms with Gasteiger partial charge in [0.2, 0.25) is 0 Å². The number of likely N-dealkylation sites (tertiary alicyclic amines) is 1. The van der Waals surface area contributed by atoms with Crippen LogP contribution in [0.3, 0.4) is 0 Å². The molecule has 0 aliphatic carbocycles. The SMILES string of the molecule is CC[C@@H]1C(=O)CCN1C(=O)c1sc(C)nc1-c1ccccc1. The van der Waals surface area contributed by atoms with Crippen molar-refractivity contribution in [3.05, 3.63) is 40.2 Å². The molecule has 0 radical (unpaired) electrons. The molecule has 2 aromatic rings. The largest absolute Gasteiger partial charge is 0.327 e. The number of Topliss-reactive ketones (excluding diaryl/α,β-unsaturated/α-hetero) is 1. The van der Waals surface area contributed by atoms with Gasteiger partial charge in [-0.3, -0.25) is 9.59 Å². The van der Waals surface area contributed by atoms with Gasteiger partial charge in [-0.25, -0.2) is 4.98 Å². The van der Waals surface area contributed by atoms with Crippen LogP contribution in [0.4, 0.5) is 0 Å². The molecule has 2 heterocycles. The Morgan fingerprint density at radius 2 is 2.09 bits per heavy atom. The van der Waals surface area contributed by atoms with Gasteiger partial charge in [0.15, 0.2) is 5.78 Å². The Hall–Kier alpha value is -2.01. The second kappa shape index (κ2) is 6.01. The molecule has 114 valence electrons. The second-order valence-electron chi connectivity index (χ2n) is 5.42. The summed E-state index contributed by atoms with van der Waals surface area (Å²) >= 11 is 1.40. The predicted octanol–water partition coefficient (Wildman–Crippen LogP) is 3.31. The Kier molecular flexibility index (Phi) is 4.07.